The van der Waals surface area contributed by atoms with E-state index in [4.69, 9.17) is 9.15 Å². The lowest BCUT2D eigenvalue weighted by Crippen LogP contribution is -2.52. The van der Waals surface area contributed by atoms with Gasteiger partial charge in [0.25, 0.3) is 0 Å². The number of esters is 1. The van der Waals surface area contributed by atoms with Gasteiger partial charge in [0.1, 0.15) is 11.9 Å². The van der Waals surface area contributed by atoms with Crippen LogP contribution in [-0.4, -0.2) is 17.2 Å². The van der Waals surface area contributed by atoms with Gasteiger partial charge >= 0.3 is 5.97 Å². The average molecular weight is 332 g/mol. The van der Waals surface area contributed by atoms with Gasteiger partial charge < -0.3 is 14.3 Å². The fraction of sp³-hybridized carbons (Fsp3) is 0.650. The molecule has 1 heterocycles. The predicted molar refractivity (Wildman–Crippen MR) is 91.4 cm³/mol. The molecule has 2 aliphatic rings. The van der Waals surface area contributed by atoms with Crippen molar-refractivity contribution < 1.29 is 19.1 Å². The molecule has 1 aromatic rings. The SMILES string of the molecule is CC(C)=CC(=O)O[C@H]1CC[C@@H]2Cc3occ(C)c3[C@@H](O)[C@]2(C)[C@H]1C. The van der Waals surface area contributed by atoms with Crippen LogP contribution < -0.4 is 0 Å². The number of allylic oxidation sites excluding steroid dienone is 1. The third kappa shape index (κ3) is 2.61. The molecule has 0 amide bonds. The van der Waals surface area contributed by atoms with Crippen molar-refractivity contribution in [3.05, 3.63) is 34.8 Å². The first-order valence-electron chi connectivity index (χ1n) is 8.85. The van der Waals surface area contributed by atoms with Crippen LogP contribution >= 0.6 is 0 Å². The fourth-order valence-corrected chi connectivity index (χ4v) is 4.64. The lowest BCUT2D eigenvalue weighted by atomic mass is 9.53. The highest BCUT2D eigenvalue weighted by Gasteiger charge is 2.55. The summed E-state index contributed by atoms with van der Waals surface area (Å²) in [6.07, 6.45) is 5.18. The van der Waals surface area contributed by atoms with Crippen LogP contribution in [0.4, 0.5) is 0 Å². The minimum Gasteiger partial charge on any atom is -0.469 e. The number of carbonyl (C=O) groups excluding carboxylic acids is 1. The van der Waals surface area contributed by atoms with E-state index in [1.165, 1.54) is 6.08 Å². The van der Waals surface area contributed by atoms with Gasteiger partial charge in [-0.05, 0) is 45.1 Å². The summed E-state index contributed by atoms with van der Waals surface area (Å²) in [4.78, 5) is 12.0. The summed E-state index contributed by atoms with van der Waals surface area (Å²) in [5, 5.41) is 11.1. The quantitative estimate of drug-likeness (QED) is 0.654. The van der Waals surface area contributed by atoms with Gasteiger partial charge in [0.15, 0.2) is 0 Å². The highest BCUT2D eigenvalue weighted by Crippen LogP contribution is 2.58. The van der Waals surface area contributed by atoms with Crippen LogP contribution in [0.15, 0.2) is 22.3 Å². The number of ether oxygens (including phenoxy) is 1. The van der Waals surface area contributed by atoms with Gasteiger partial charge in [0.2, 0.25) is 0 Å². The van der Waals surface area contributed by atoms with Crippen molar-refractivity contribution in [3.63, 3.8) is 0 Å². The molecule has 1 N–H and O–H groups in total. The maximum absolute atomic E-state index is 12.0. The van der Waals surface area contributed by atoms with Crippen LogP contribution in [0, 0.1) is 24.2 Å². The lowest BCUT2D eigenvalue weighted by Gasteiger charge is -2.53. The zero-order chi connectivity index (χ0) is 17.6. The number of aliphatic hydroxyl groups is 1. The molecule has 4 nitrogen and oxygen atoms in total. The average Bonchev–Trinajstić information content (AvgIpc) is 2.86. The van der Waals surface area contributed by atoms with Crippen LogP contribution in [0.5, 0.6) is 0 Å². The highest BCUT2D eigenvalue weighted by molar-refractivity contribution is 5.82. The van der Waals surface area contributed by atoms with E-state index in [9.17, 15) is 9.90 Å². The first kappa shape index (κ1) is 17.3. The number of hydrogen-bond donors (Lipinski definition) is 1. The van der Waals surface area contributed by atoms with Crippen molar-refractivity contribution in [3.8, 4) is 0 Å². The number of fused-ring (bicyclic) bond motifs is 2. The monoisotopic (exact) mass is 332 g/mol. The number of rotatable bonds is 2. The van der Waals surface area contributed by atoms with Crippen LogP contribution in [0.25, 0.3) is 0 Å². The van der Waals surface area contributed by atoms with Crippen molar-refractivity contribution in [1.29, 1.82) is 0 Å². The minimum atomic E-state index is -0.579. The lowest BCUT2D eigenvalue weighted by molar-refractivity contribution is -0.167. The smallest absolute Gasteiger partial charge is 0.330 e. The van der Waals surface area contributed by atoms with E-state index in [0.717, 1.165) is 41.7 Å². The number of aryl methyl sites for hydroxylation is 1. The van der Waals surface area contributed by atoms with Crippen molar-refractivity contribution in [2.45, 2.75) is 66.1 Å². The Hall–Kier alpha value is -1.55. The molecule has 3 rings (SSSR count). The second-order valence-electron chi connectivity index (χ2n) is 7.99. The predicted octanol–water partition coefficient (Wildman–Crippen LogP) is 4.11. The normalized spacial score (nSPS) is 34.9. The first-order valence-corrected chi connectivity index (χ1v) is 8.85. The van der Waals surface area contributed by atoms with Crippen LogP contribution in [0.2, 0.25) is 0 Å². The Morgan fingerprint density at radius 1 is 1.42 bits per heavy atom. The molecular formula is C20H28O4. The summed E-state index contributed by atoms with van der Waals surface area (Å²) < 4.78 is 11.4. The van der Waals surface area contributed by atoms with Crippen molar-refractivity contribution >= 4 is 5.97 Å². The molecule has 1 aromatic heterocycles. The third-order valence-corrected chi connectivity index (χ3v) is 6.29. The second kappa shape index (κ2) is 6.07. The molecule has 0 saturated heterocycles. The molecule has 0 unspecified atom stereocenters. The standard InChI is InChI=1S/C20H28O4/c1-11(2)8-17(21)24-15-7-6-14-9-16-18(12(3)10-23-16)19(22)20(14,5)13(15)4/h8,10,13-15,19,22H,6-7,9H2,1-5H3/t13-,14+,15-,19+,20+/m0/s1. The van der Waals surface area contributed by atoms with E-state index in [-0.39, 0.29) is 23.4 Å². The molecule has 0 spiro atoms. The number of hydrogen-bond acceptors (Lipinski definition) is 4. The fourth-order valence-electron chi connectivity index (χ4n) is 4.64. The Morgan fingerprint density at radius 2 is 2.12 bits per heavy atom. The Labute approximate surface area is 143 Å². The molecule has 0 aromatic carbocycles. The van der Waals surface area contributed by atoms with E-state index >= 15 is 0 Å². The third-order valence-electron chi connectivity index (χ3n) is 6.29. The van der Waals surface area contributed by atoms with Gasteiger partial charge in [0, 0.05) is 29.4 Å². The van der Waals surface area contributed by atoms with E-state index in [0.29, 0.717) is 5.92 Å². The zero-order valence-electron chi connectivity index (χ0n) is 15.3. The van der Waals surface area contributed by atoms with E-state index in [2.05, 4.69) is 13.8 Å². The maximum atomic E-state index is 12.0. The summed E-state index contributed by atoms with van der Waals surface area (Å²) in [7, 11) is 0. The second-order valence-corrected chi connectivity index (χ2v) is 7.99. The molecule has 2 aliphatic carbocycles. The van der Waals surface area contributed by atoms with Gasteiger partial charge in [-0.3, -0.25) is 0 Å². The molecule has 0 aliphatic heterocycles. The summed E-state index contributed by atoms with van der Waals surface area (Å²) >= 11 is 0. The Morgan fingerprint density at radius 3 is 2.79 bits per heavy atom. The molecular weight excluding hydrogens is 304 g/mol. The summed E-state index contributed by atoms with van der Waals surface area (Å²) in [6.45, 7) is 10.0. The van der Waals surface area contributed by atoms with Crippen molar-refractivity contribution in [2.24, 2.45) is 17.3 Å². The molecule has 0 bridgehead atoms. The maximum Gasteiger partial charge on any atom is 0.330 e. The Bertz CT molecular complexity index is 667. The largest absolute Gasteiger partial charge is 0.469 e. The van der Waals surface area contributed by atoms with Crippen LogP contribution in [-0.2, 0) is 16.0 Å². The number of furan rings is 1. The van der Waals surface area contributed by atoms with Gasteiger partial charge in [-0.15, -0.1) is 0 Å². The molecule has 4 heteroatoms. The highest BCUT2D eigenvalue weighted by atomic mass is 16.5. The number of carbonyl (C=O) groups is 1. The first-order chi connectivity index (χ1) is 11.2. The van der Waals surface area contributed by atoms with Gasteiger partial charge in [-0.25, -0.2) is 4.79 Å². The molecule has 1 fully saturated rings. The minimum absolute atomic E-state index is 0.0863. The number of aliphatic hydroxyl groups excluding tert-OH is 1. The molecule has 24 heavy (non-hydrogen) atoms. The van der Waals surface area contributed by atoms with E-state index < -0.39 is 6.10 Å². The Kier molecular flexibility index (Phi) is 4.37. The molecule has 5 atom stereocenters. The van der Waals surface area contributed by atoms with Crippen molar-refractivity contribution in [2.75, 3.05) is 0 Å². The van der Waals surface area contributed by atoms with E-state index in [1.807, 2.05) is 20.8 Å². The van der Waals surface area contributed by atoms with E-state index in [1.54, 1.807) is 6.26 Å². The van der Waals surface area contributed by atoms with Crippen LogP contribution in [0.1, 0.15) is 63.5 Å². The van der Waals surface area contributed by atoms with Gasteiger partial charge in [0.05, 0.1) is 12.4 Å². The summed E-state index contributed by atoms with van der Waals surface area (Å²) in [6, 6.07) is 0. The summed E-state index contributed by atoms with van der Waals surface area (Å²) in [5.74, 6) is 1.08. The molecule has 132 valence electrons. The zero-order valence-corrected chi connectivity index (χ0v) is 15.3. The van der Waals surface area contributed by atoms with Crippen molar-refractivity contribution in [1.82, 2.24) is 0 Å². The molecule has 0 radical (unpaired) electrons. The molecule has 1 saturated carbocycles. The van der Waals surface area contributed by atoms with Crippen LogP contribution in [0.3, 0.4) is 0 Å². The van der Waals surface area contributed by atoms with Gasteiger partial charge in [-0.1, -0.05) is 19.4 Å². The summed E-state index contributed by atoms with van der Waals surface area (Å²) in [5.41, 5.74) is 2.57. The Balaban J connectivity index is 1.88. The van der Waals surface area contributed by atoms with Gasteiger partial charge in [-0.2, -0.15) is 0 Å². The topological polar surface area (TPSA) is 59.7 Å².